The number of anilines is 1. The zero-order valence-corrected chi connectivity index (χ0v) is 21.1. The molecule has 2 aromatic rings. The van der Waals surface area contributed by atoms with Crippen molar-refractivity contribution in [1.29, 1.82) is 0 Å². The third-order valence-corrected chi connectivity index (χ3v) is 8.00. The average Bonchev–Trinajstić information content (AvgIpc) is 3.54. The molecule has 12 nitrogen and oxygen atoms in total. The van der Waals surface area contributed by atoms with Crippen LogP contribution in [0.2, 0.25) is 0 Å². The number of hydrogen-bond acceptors (Lipinski definition) is 8. The highest BCUT2D eigenvalue weighted by Gasteiger charge is 2.34. The lowest BCUT2D eigenvalue weighted by Crippen LogP contribution is -2.35. The molecule has 1 atom stereocenters. The van der Waals surface area contributed by atoms with Crippen molar-refractivity contribution in [2.24, 2.45) is 7.05 Å². The normalized spacial score (nSPS) is 16.7. The second kappa shape index (κ2) is 10.5. The number of amides is 2. The summed E-state index contributed by atoms with van der Waals surface area (Å²) >= 11 is 0. The first-order valence-corrected chi connectivity index (χ1v) is 13.3. The molecule has 0 fully saturated rings. The van der Waals surface area contributed by atoms with E-state index in [9.17, 15) is 23.1 Å². The third-order valence-electron chi connectivity index (χ3n) is 6.80. The van der Waals surface area contributed by atoms with Gasteiger partial charge in [0.15, 0.2) is 5.03 Å². The van der Waals surface area contributed by atoms with Gasteiger partial charge < -0.3 is 20.3 Å². The molecule has 0 saturated heterocycles. The minimum Gasteiger partial charge on any atom is -0.477 e. The molecule has 0 aliphatic heterocycles. The first-order chi connectivity index (χ1) is 17.2. The molecule has 1 aromatic carbocycles. The van der Waals surface area contributed by atoms with Crippen LogP contribution in [0.4, 0.5) is 10.5 Å². The van der Waals surface area contributed by atoms with E-state index in [1.54, 1.807) is 7.11 Å². The number of rotatable bonds is 10. The number of nitrogens with zero attached hydrogens (tertiary/aromatic N) is 3. The Labute approximate surface area is 209 Å². The number of carboxylic acids is 1. The lowest BCUT2D eigenvalue weighted by atomic mass is 9.97. The summed E-state index contributed by atoms with van der Waals surface area (Å²) in [6.07, 6.45) is 4.10. The number of methoxy groups -OCH3 is 1. The van der Waals surface area contributed by atoms with E-state index in [0.717, 1.165) is 58.7 Å². The number of aromatic nitrogens is 2. The lowest BCUT2D eigenvalue weighted by molar-refractivity contribution is 0.0685. The molecule has 0 bridgehead atoms. The molecule has 2 aliphatic rings. The van der Waals surface area contributed by atoms with Crippen molar-refractivity contribution in [3.05, 3.63) is 40.1 Å². The number of carbonyl (C=O) groups excluding carboxylic acids is 1. The van der Waals surface area contributed by atoms with Crippen molar-refractivity contribution in [3.63, 3.8) is 0 Å². The number of aryl methyl sites for hydroxylation is 2. The number of aromatic carboxylic acids is 1. The van der Waals surface area contributed by atoms with E-state index in [1.807, 2.05) is 4.72 Å². The Morgan fingerprint density at radius 2 is 2.00 bits per heavy atom. The number of urea groups is 1. The van der Waals surface area contributed by atoms with Gasteiger partial charge in [-0.25, -0.2) is 14.3 Å². The molecule has 36 heavy (non-hydrogen) atoms. The van der Waals surface area contributed by atoms with Crippen molar-refractivity contribution in [3.8, 4) is 0 Å². The Morgan fingerprint density at radius 3 is 2.67 bits per heavy atom. The fourth-order valence-electron chi connectivity index (χ4n) is 5.19. The topological polar surface area (TPSA) is 163 Å². The van der Waals surface area contributed by atoms with Crippen LogP contribution in [0.5, 0.6) is 0 Å². The van der Waals surface area contributed by atoms with Crippen LogP contribution >= 0.6 is 0 Å². The van der Waals surface area contributed by atoms with Crippen LogP contribution in [-0.4, -0.2) is 78.7 Å². The summed E-state index contributed by atoms with van der Waals surface area (Å²) in [6, 6.07) is 2.21. The van der Waals surface area contributed by atoms with Crippen LogP contribution in [0.15, 0.2) is 17.2 Å². The molecule has 13 heteroatoms. The molecule has 4 rings (SSSR count). The lowest BCUT2D eigenvalue weighted by Gasteiger charge is -2.29. The molecule has 1 aromatic heterocycles. The molecule has 4 N–H and O–H groups in total. The summed E-state index contributed by atoms with van der Waals surface area (Å²) in [5, 5.41) is 24.7. The van der Waals surface area contributed by atoms with Gasteiger partial charge in [0, 0.05) is 45.0 Å². The van der Waals surface area contributed by atoms with Gasteiger partial charge in [-0.15, -0.1) is 0 Å². The van der Waals surface area contributed by atoms with E-state index in [2.05, 4.69) is 21.4 Å². The number of carboxylic acid groups (broad SMARTS) is 1. The summed E-state index contributed by atoms with van der Waals surface area (Å²) in [6.45, 7) is 1.69. The molecule has 2 aliphatic carbocycles. The number of nitrogens with one attached hydrogen (secondary N) is 2. The monoisotopic (exact) mass is 521 g/mol. The Balaban J connectivity index is 1.60. The SMILES string of the molecule is COCCN(CCO)C1CCc2c1cc1c(c2NC(=O)NS(=O)(=O)c2cc(C(=O)O)n(C)n2)CCC1. The molecular weight excluding hydrogens is 490 g/mol. The van der Waals surface area contributed by atoms with Gasteiger partial charge in [-0.1, -0.05) is 6.07 Å². The minimum absolute atomic E-state index is 0.0168. The fraction of sp³-hybridized carbons (Fsp3) is 0.522. The molecule has 0 saturated carbocycles. The highest BCUT2D eigenvalue weighted by Crippen LogP contribution is 2.44. The largest absolute Gasteiger partial charge is 0.477 e. The average molecular weight is 522 g/mol. The highest BCUT2D eigenvalue weighted by atomic mass is 32.2. The minimum atomic E-state index is -4.39. The molecule has 0 radical (unpaired) electrons. The summed E-state index contributed by atoms with van der Waals surface area (Å²) < 4.78 is 33.6. The Morgan fingerprint density at radius 1 is 1.22 bits per heavy atom. The molecule has 1 unspecified atom stereocenters. The van der Waals surface area contributed by atoms with Gasteiger partial charge in [-0.05, 0) is 54.4 Å². The molecular formula is C23H31N5O7S. The molecule has 2 amide bonds. The quantitative estimate of drug-likeness (QED) is 0.358. The number of aliphatic hydroxyl groups excluding tert-OH is 1. The number of fused-ring (bicyclic) bond motifs is 2. The molecule has 0 spiro atoms. The van der Waals surface area contributed by atoms with Crippen molar-refractivity contribution in [2.45, 2.75) is 43.2 Å². The van der Waals surface area contributed by atoms with Gasteiger partial charge in [0.1, 0.15) is 5.69 Å². The van der Waals surface area contributed by atoms with Gasteiger partial charge in [0.2, 0.25) is 0 Å². The van der Waals surface area contributed by atoms with Gasteiger partial charge in [-0.2, -0.15) is 13.5 Å². The third kappa shape index (κ3) is 5.09. The second-order valence-corrected chi connectivity index (χ2v) is 10.6. The Kier molecular flexibility index (Phi) is 7.64. The van der Waals surface area contributed by atoms with Crippen LogP contribution in [0, 0.1) is 0 Å². The number of ether oxygens (including phenoxy) is 1. The maximum absolute atomic E-state index is 12.9. The zero-order chi connectivity index (χ0) is 26.0. The van der Waals surface area contributed by atoms with E-state index >= 15 is 0 Å². The smallest absolute Gasteiger partial charge is 0.354 e. The number of benzene rings is 1. The maximum atomic E-state index is 12.9. The van der Waals surface area contributed by atoms with E-state index in [1.165, 1.54) is 7.05 Å². The predicted molar refractivity (Wildman–Crippen MR) is 130 cm³/mol. The zero-order valence-electron chi connectivity index (χ0n) is 20.3. The van der Waals surface area contributed by atoms with Crippen LogP contribution in [0.1, 0.15) is 51.6 Å². The van der Waals surface area contributed by atoms with E-state index in [4.69, 9.17) is 9.84 Å². The van der Waals surface area contributed by atoms with Crippen molar-refractivity contribution >= 4 is 27.7 Å². The fourth-order valence-corrected chi connectivity index (χ4v) is 6.09. The summed E-state index contributed by atoms with van der Waals surface area (Å²) in [4.78, 5) is 26.3. The van der Waals surface area contributed by atoms with Crippen LogP contribution in [-0.2, 0) is 41.1 Å². The highest BCUT2D eigenvalue weighted by molar-refractivity contribution is 7.90. The van der Waals surface area contributed by atoms with Gasteiger partial charge in [0.05, 0.1) is 13.2 Å². The number of sulfonamides is 1. The van der Waals surface area contributed by atoms with Crippen LogP contribution in [0.3, 0.4) is 0 Å². The number of hydrogen-bond donors (Lipinski definition) is 4. The number of carbonyl (C=O) groups is 2. The number of aliphatic hydroxyl groups is 1. The Bertz CT molecular complexity index is 1270. The van der Waals surface area contributed by atoms with E-state index in [-0.39, 0.29) is 18.3 Å². The van der Waals surface area contributed by atoms with Crippen molar-refractivity contribution in [1.82, 2.24) is 19.4 Å². The standard InChI is InChI=1S/C23H31N5O7S/c1-27-19(22(30)31)13-20(25-27)36(33,34)26-23(32)24-21-15-5-3-4-14(15)12-17-16(21)6-7-18(17)28(8-10-29)9-11-35-2/h12-13,18,29H,3-11H2,1-2H3,(H,30,31)(H2,24,26,32). The first-order valence-electron chi connectivity index (χ1n) is 11.8. The predicted octanol–water partition coefficient (Wildman–Crippen LogP) is 1.05. The van der Waals surface area contributed by atoms with Crippen LogP contribution in [0.25, 0.3) is 0 Å². The molecule has 1 heterocycles. The van der Waals surface area contributed by atoms with Gasteiger partial charge >= 0.3 is 12.0 Å². The summed E-state index contributed by atoms with van der Waals surface area (Å²) in [5.41, 5.74) is 4.51. The Hall–Kier alpha value is -3.00. The molecule has 196 valence electrons. The van der Waals surface area contributed by atoms with E-state index in [0.29, 0.717) is 31.8 Å². The second-order valence-electron chi connectivity index (χ2n) is 8.97. The van der Waals surface area contributed by atoms with Crippen molar-refractivity contribution < 1.29 is 33.0 Å². The summed E-state index contributed by atoms with van der Waals surface area (Å²) in [7, 11) is -1.45. The first kappa shape index (κ1) is 26.1. The van der Waals surface area contributed by atoms with Crippen molar-refractivity contribution in [2.75, 3.05) is 38.7 Å². The van der Waals surface area contributed by atoms with Gasteiger partial charge in [0.25, 0.3) is 10.0 Å². The maximum Gasteiger partial charge on any atom is 0.354 e. The van der Waals surface area contributed by atoms with Crippen LogP contribution < -0.4 is 10.0 Å². The summed E-state index contributed by atoms with van der Waals surface area (Å²) in [5.74, 6) is -1.33. The van der Waals surface area contributed by atoms with E-state index < -0.39 is 27.0 Å². The van der Waals surface area contributed by atoms with Gasteiger partial charge in [-0.3, -0.25) is 9.58 Å².